The van der Waals surface area contributed by atoms with Gasteiger partial charge in [-0.1, -0.05) is 48.4 Å². The van der Waals surface area contributed by atoms with Gasteiger partial charge in [-0.05, 0) is 86.3 Å². The standard InChI is InChI=1S/C32H31ClN2O5S/c1-5-7-14-40-23-13-10-21(17-24(23)39-6-2)28-26(29(36)20-8-11-22(33)12-9-20)30(37)31(38)35(28)32-34-27-19(4)15-18(3)16-25(27)41-32/h8-13,15-17,28,36H,5-7,14H2,1-4H3/b29-26+. The molecule has 0 radical (unpaired) electrons. The number of halogens is 1. The number of Topliss-reactive ketones (excluding diaryl/α,β-unsaturated/α-hetero) is 1. The summed E-state index contributed by atoms with van der Waals surface area (Å²) >= 11 is 7.40. The van der Waals surface area contributed by atoms with Gasteiger partial charge in [0.25, 0.3) is 5.78 Å². The van der Waals surface area contributed by atoms with Crippen LogP contribution in [0.2, 0.25) is 5.02 Å². The molecule has 1 saturated heterocycles. The zero-order valence-electron chi connectivity index (χ0n) is 23.4. The molecule has 5 rings (SSSR count). The van der Waals surface area contributed by atoms with Crippen LogP contribution in [0.15, 0.2) is 60.2 Å². The summed E-state index contributed by atoms with van der Waals surface area (Å²) in [5, 5.41) is 12.3. The highest BCUT2D eigenvalue weighted by Gasteiger charge is 2.48. The Morgan fingerprint density at radius 2 is 1.78 bits per heavy atom. The number of fused-ring (bicyclic) bond motifs is 1. The number of carbonyl (C=O) groups excluding carboxylic acids is 2. The lowest BCUT2D eigenvalue weighted by molar-refractivity contribution is -0.132. The fraction of sp³-hybridized carbons (Fsp3) is 0.281. The fourth-order valence-electron chi connectivity index (χ4n) is 4.98. The molecule has 1 amide bonds. The first-order valence-corrected chi connectivity index (χ1v) is 14.8. The summed E-state index contributed by atoms with van der Waals surface area (Å²) in [5.41, 5.74) is 3.74. The zero-order chi connectivity index (χ0) is 29.3. The molecule has 3 aromatic carbocycles. The summed E-state index contributed by atoms with van der Waals surface area (Å²) in [6.07, 6.45) is 1.88. The van der Waals surface area contributed by atoms with Crippen LogP contribution in [0.1, 0.15) is 55.0 Å². The van der Waals surface area contributed by atoms with Crippen molar-refractivity contribution in [2.45, 2.75) is 46.6 Å². The van der Waals surface area contributed by atoms with E-state index >= 15 is 0 Å². The molecule has 0 aliphatic carbocycles. The van der Waals surface area contributed by atoms with E-state index in [0.29, 0.717) is 46.0 Å². The first-order valence-electron chi connectivity index (χ1n) is 13.6. The Hall–Kier alpha value is -3.88. The number of aliphatic hydroxyl groups excluding tert-OH is 1. The van der Waals surface area contributed by atoms with Gasteiger partial charge in [0, 0.05) is 10.6 Å². The van der Waals surface area contributed by atoms with Crippen LogP contribution < -0.4 is 14.4 Å². The van der Waals surface area contributed by atoms with Crippen molar-refractivity contribution in [3.63, 3.8) is 0 Å². The minimum Gasteiger partial charge on any atom is -0.507 e. The Labute approximate surface area is 248 Å². The molecule has 0 saturated carbocycles. The molecule has 1 atom stereocenters. The van der Waals surface area contributed by atoms with Crippen LogP contribution in [0.5, 0.6) is 11.5 Å². The molecule has 41 heavy (non-hydrogen) atoms. The topological polar surface area (TPSA) is 89.0 Å². The SMILES string of the molecule is CCCCOc1ccc(C2/C(=C(\O)c3ccc(Cl)cc3)C(=O)C(=O)N2c2nc3c(C)cc(C)cc3s2)cc1OCC. The van der Waals surface area contributed by atoms with E-state index in [0.717, 1.165) is 34.2 Å². The Balaban J connectivity index is 1.70. The minimum absolute atomic E-state index is 0.0356. The number of carbonyl (C=O) groups is 2. The number of ketones is 1. The van der Waals surface area contributed by atoms with Gasteiger partial charge in [0.05, 0.1) is 35.0 Å². The van der Waals surface area contributed by atoms with Gasteiger partial charge in [-0.25, -0.2) is 4.98 Å². The Morgan fingerprint density at radius 3 is 2.49 bits per heavy atom. The lowest BCUT2D eigenvalue weighted by Crippen LogP contribution is -2.29. The highest BCUT2D eigenvalue weighted by atomic mass is 35.5. The predicted molar refractivity (Wildman–Crippen MR) is 163 cm³/mol. The number of hydrogen-bond donors (Lipinski definition) is 1. The second-order valence-electron chi connectivity index (χ2n) is 9.94. The monoisotopic (exact) mass is 590 g/mol. The number of rotatable bonds is 9. The maximum atomic E-state index is 13.7. The molecule has 1 aliphatic heterocycles. The van der Waals surface area contributed by atoms with Crippen molar-refractivity contribution in [2.75, 3.05) is 18.1 Å². The molecule has 212 valence electrons. The molecule has 4 aromatic rings. The fourth-order valence-corrected chi connectivity index (χ4v) is 6.27. The van der Waals surface area contributed by atoms with Gasteiger partial charge in [-0.2, -0.15) is 0 Å². The van der Waals surface area contributed by atoms with Crippen LogP contribution in [0.4, 0.5) is 5.13 Å². The van der Waals surface area contributed by atoms with Crippen molar-refractivity contribution in [3.8, 4) is 11.5 Å². The summed E-state index contributed by atoms with van der Waals surface area (Å²) in [6, 6.07) is 14.9. The third kappa shape index (κ3) is 5.54. The molecular weight excluding hydrogens is 560 g/mol. The molecule has 1 N–H and O–H groups in total. The van der Waals surface area contributed by atoms with E-state index in [-0.39, 0.29) is 11.3 Å². The summed E-state index contributed by atoms with van der Waals surface area (Å²) < 4.78 is 12.8. The zero-order valence-corrected chi connectivity index (χ0v) is 24.9. The van der Waals surface area contributed by atoms with E-state index in [9.17, 15) is 14.7 Å². The Bertz CT molecular complexity index is 1660. The van der Waals surface area contributed by atoms with Crippen LogP contribution in [0, 0.1) is 13.8 Å². The molecule has 0 spiro atoms. The average molecular weight is 591 g/mol. The van der Waals surface area contributed by atoms with Crippen LogP contribution >= 0.6 is 22.9 Å². The number of thiazole rings is 1. The van der Waals surface area contributed by atoms with E-state index in [1.807, 2.05) is 32.9 Å². The first kappa shape index (κ1) is 28.6. The first-order chi connectivity index (χ1) is 19.7. The summed E-state index contributed by atoms with van der Waals surface area (Å²) in [7, 11) is 0. The Morgan fingerprint density at radius 1 is 1.02 bits per heavy atom. The van der Waals surface area contributed by atoms with Crippen molar-refractivity contribution in [1.29, 1.82) is 0 Å². The summed E-state index contributed by atoms with van der Waals surface area (Å²) in [4.78, 5) is 33.5. The molecule has 1 aliphatic rings. The molecular formula is C32H31ClN2O5S. The maximum Gasteiger partial charge on any atom is 0.301 e. The van der Waals surface area contributed by atoms with Gasteiger partial charge in [0.1, 0.15) is 5.76 Å². The molecule has 1 aromatic heterocycles. The summed E-state index contributed by atoms with van der Waals surface area (Å²) in [6.45, 7) is 8.87. The number of nitrogens with zero attached hydrogens (tertiary/aromatic N) is 2. The van der Waals surface area contributed by atoms with Crippen molar-refractivity contribution >= 4 is 55.7 Å². The largest absolute Gasteiger partial charge is 0.507 e. The van der Waals surface area contributed by atoms with Crippen molar-refractivity contribution in [3.05, 3.63) is 87.4 Å². The molecule has 7 nitrogen and oxygen atoms in total. The maximum absolute atomic E-state index is 13.7. The number of aryl methyl sites for hydroxylation is 2. The number of hydrogen-bond acceptors (Lipinski definition) is 7. The molecule has 9 heteroatoms. The number of amides is 1. The number of aliphatic hydroxyl groups is 1. The Kier molecular flexibility index (Phi) is 8.33. The third-order valence-electron chi connectivity index (χ3n) is 6.93. The van der Waals surface area contributed by atoms with Gasteiger partial charge in [0.15, 0.2) is 16.6 Å². The van der Waals surface area contributed by atoms with E-state index in [4.69, 9.17) is 26.1 Å². The highest BCUT2D eigenvalue weighted by Crippen LogP contribution is 2.46. The molecule has 0 bridgehead atoms. The lowest BCUT2D eigenvalue weighted by atomic mass is 9.95. The number of ether oxygens (including phenoxy) is 2. The molecule has 2 heterocycles. The smallest absolute Gasteiger partial charge is 0.301 e. The molecule has 1 unspecified atom stereocenters. The van der Waals surface area contributed by atoms with Crippen molar-refractivity contribution < 1.29 is 24.2 Å². The third-order valence-corrected chi connectivity index (χ3v) is 8.18. The quantitative estimate of drug-likeness (QED) is 0.0927. The van der Waals surface area contributed by atoms with Crippen LogP contribution in [-0.4, -0.2) is 35.0 Å². The lowest BCUT2D eigenvalue weighted by Gasteiger charge is -2.24. The van der Waals surface area contributed by atoms with Crippen molar-refractivity contribution in [1.82, 2.24) is 4.98 Å². The van der Waals surface area contributed by atoms with Crippen molar-refractivity contribution in [2.24, 2.45) is 0 Å². The molecule has 1 fully saturated rings. The van der Waals surface area contributed by atoms with E-state index in [1.165, 1.54) is 16.2 Å². The number of benzene rings is 3. The van der Waals surface area contributed by atoms with E-state index in [1.54, 1.807) is 42.5 Å². The van der Waals surface area contributed by atoms with E-state index < -0.39 is 17.7 Å². The normalized spacial score (nSPS) is 16.5. The van der Waals surface area contributed by atoms with Crippen LogP contribution in [0.25, 0.3) is 16.0 Å². The number of aromatic nitrogens is 1. The minimum atomic E-state index is -0.948. The van der Waals surface area contributed by atoms with Gasteiger partial charge in [0.2, 0.25) is 0 Å². The van der Waals surface area contributed by atoms with Gasteiger partial charge < -0.3 is 14.6 Å². The second-order valence-corrected chi connectivity index (χ2v) is 11.4. The van der Waals surface area contributed by atoms with Gasteiger partial charge >= 0.3 is 5.91 Å². The number of anilines is 1. The number of unbranched alkanes of at least 4 members (excludes halogenated alkanes) is 1. The van der Waals surface area contributed by atoms with Gasteiger partial charge in [-0.3, -0.25) is 14.5 Å². The highest BCUT2D eigenvalue weighted by molar-refractivity contribution is 7.22. The van der Waals surface area contributed by atoms with E-state index in [2.05, 4.69) is 6.92 Å². The average Bonchev–Trinajstić information content (AvgIpc) is 3.48. The summed E-state index contributed by atoms with van der Waals surface area (Å²) in [5.74, 6) is -0.781. The predicted octanol–water partition coefficient (Wildman–Crippen LogP) is 7.77. The van der Waals surface area contributed by atoms with Crippen LogP contribution in [-0.2, 0) is 9.59 Å². The van der Waals surface area contributed by atoms with Crippen LogP contribution in [0.3, 0.4) is 0 Å². The second kappa shape index (κ2) is 11.9. The van der Waals surface area contributed by atoms with Gasteiger partial charge in [-0.15, -0.1) is 0 Å².